The van der Waals surface area contributed by atoms with Crippen molar-refractivity contribution >= 4 is 0 Å². The molecule has 2 aromatic carbocycles. The van der Waals surface area contributed by atoms with Gasteiger partial charge in [0.2, 0.25) is 0 Å². The van der Waals surface area contributed by atoms with E-state index in [1.807, 2.05) is 39.8 Å². The molecule has 2 aromatic rings. The summed E-state index contributed by atoms with van der Waals surface area (Å²) >= 11 is 0. The molecule has 2 nitrogen and oxygen atoms in total. The topological polar surface area (TPSA) is 40.5 Å². The summed E-state index contributed by atoms with van der Waals surface area (Å²) in [6, 6.07) is 8.37. The lowest BCUT2D eigenvalue weighted by atomic mass is 9.97. The van der Waals surface area contributed by atoms with Crippen LogP contribution in [0, 0.1) is 27.7 Å². The van der Waals surface area contributed by atoms with Gasteiger partial charge < -0.3 is 10.2 Å². The Morgan fingerprint density at radius 2 is 0.852 bits per heavy atom. The van der Waals surface area contributed by atoms with Gasteiger partial charge in [0, 0.05) is 0 Å². The Balaban J connectivity index is 1.57. The van der Waals surface area contributed by atoms with E-state index >= 15 is 0 Å². The monoisotopic (exact) mass is 368 g/mol. The number of hydrogen-bond donors (Lipinski definition) is 2. The zero-order valence-corrected chi connectivity index (χ0v) is 17.6. The van der Waals surface area contributed by atoms with Gasteiger partial charge in [0.15, 0.2) is 0 Å². The first-order valence-corrected chi connectivity index (χ1v) is 10.5. The molecule has 0 aromatic heterocycles. The molecule has 0 aliphatic carbocycles. The van der Waals surface area contributed by atoms with Crippen molar-refractivity contribution in [1.29, 1.82) is 0 Å². The molecule has 0 aliphatic rings. The maximum absolute atomic E-state index is 10.0. The molecule has 0 bridgehead atoms. The molecule has 0 heterocycles. The van der Waals surface area contributed by atoms with E-state index in [0.717, 1.165) is 35.1 Å². The minimum atomic E-state index is 0.463. The van der Waals surface area contributed by atoms with E-state index < -0.39 is 0 Å². The van der Waals surface area contributed by atoms with Crippen molar-refractivity contribution < 1.29 is 10.2 Å². The van der Waals surface area contributed by atoms with Crippen LogP contribution in [0.5, 0.6) is 11.5 Å². The summed E-state index contributed by atoms with van der Waals surface area (Å²) in [7, 11) is 0. The molecule has 27 heavy (non-hydrogen) atoms. The maximum atomic E-state index is 10.0. The van der Waals surface area contributed by atoms with Crippen LogP contribution in [0.2, 0.25) is 0 Å². The molecular formula is C25H36O2. The molecule has 148 valence electrons. The number of benzene rings is 2. The van der Waals surface area contributed by atoms with E-state index in [-0.39, 0.29) is 0 Å². The fraction of sp³-hybridized carbons (Fsp3) is 0.520. The van der Waals surface area contributed by atoms with Gasteiger partial charge in [-0.3, -0.25) is 0 Å². The number of unbranched alkanes of at least 4 members (excludes halogenated alkanes) is 6. The number of phenolic OH excluding ortho intramolecular Hbond substituents is 2. The summed E-state index contributed by atoms with van der Waals surface area (Å²) in [6.45, 7) is 7.95. The third kappa shape index (κ3) is 6.02. The average Bonchev–Trinajstić information content (AvgIpc) is 2.66. The van der Waals surface area contributed by atoms with E-state index in [1.165, 1.54) is 56.1 Å². The van der Waals surface area contributed by atoms with Gasteiger partial charge in [-0.15, -0.1) is 0 Å². The third-order valence-corrected chi connectivity index (χ3v) is 5.88. The summed E-state index contributed by atoms with van der Waals surface area (Å²) in [5.74, 6) is 0.925. The Hall–Kier alpha value is -1.96. The summed E-state index contributed by atoms with van der Waals surface area (Å²) in [4.78, 5) is 0. The first-order valence-electron chi connectivity index (χ1n) is 10.5. The predicted octanol–water partition coefficient (Wildman–Crippen LogP) is 6.85. The molecule has 0 fully saturated rings. The van der Waals surface area contributed by atoms with Gasteiger partial charge in [-0.2, -0.15) is 0 Å². The van der Waals surface area contributed by atoms with Gasteiger partial charge in [0.05, 0.1) is 0 Å². The molecule has 0 aliphatic heterocycles. The fourth-order valence-electron chi connectivity index (χ4n) is 3.81. The molecule has 0 atom stereocenters. The van der Waals surface area contributed by atoms with Crippen molar-refractivity contribution in [1.82, 2.24) is 0 Å². The highest BCUT2D eigenvalue weighted by atomic mass is 16.3. The standard InChI is InChI=1S/C25H36O2/c1-18-14-16-22(20(3)24(18)26)12-10-8-6-5-7-9-11-13-23-17-15-19(2)25(27)21(23)4/h14-17,26-27H,5-13H2,1-4H3. The van der Waals surface area contributed by atoms with Gasteiger partial charge in [0.25, 0.3) is 0 Å². The normalized spacial score (nSPS) is 11.1. The lowest BCUT2D eigenvalue weighted by molar-refractivity contribution is 0.465. The van der Waals surface area contributed by atoms with Crippen LogP contribution in [-0.2, 0) is 12.8 Å². The second-order valence-corrected chi connectivity index (χ2v) is 8.01. The van der Waals surface area contributed by atoms with Crippen molar-refractivity contribution in [3.05, 3.63) is 57.6 Å². The van der Waals surface area contributed by atoms with Crippen molar-refractivity contribution in [2.75, 3.05) is 0 Å². The number of phenols is 2. The Morgan fingerprint density at radius 3 is 1.22 bits per heavy atom. The number of rotatable bonds is 10. The van der Waals surface area contributed by atoms with Crippen LogP contribution < -0.4 is 0 Å². The molecule has 0 spiro atoms. The van der Waals surface area contributed by atoms with Crippen LogP contribution in [0.1, 0.15) is 78.3 Å². The van der Waals surface area contributed by atoms with Crippen LogP contribution in [0.4, 0.5) is 0 Å². The Kier molecular flexibility index (Phi) is 8.22. The Morgan fingerprint density at radius 1 is 0.519 bits per heavy atom. The molecule has 2 N–H and O–H groups in total. The average molecular weight is 369 g/mol. The van der Waals surface area contributed by atoms with Crippen molar-refractivity contribution in [2.24, 2.45) is 0 Å². The third-order valence-electron chi connectivity index (χ3n) is 5.88. The smallest absolute Gasteiger partial charge is 0.121 e. The van der Waals surface area contributed by atoms with E-state index in [0.29, 0.717) is 11.5 Å². The van der Waals surface area contributed by atoms with Gasteiger partial charge in [0.1, 0.15) is 11.5 Å². The summed E-state index contributed by atoms with van der Waals surface area (Å²) < 4.78 is 0. The van der Waals surface area contributed by atoms with E-state index in [9.17, 15) is 10.2 Å². The zero-order valence-electron chi connectivity index (χ0n) is 17.6. The van der Waals surface area contributed by atoms with Gasteiger partial charge in [-0.05, 0) is 86.8 Å². The summed E-state index contributed by atoms with van der Waals surface area (Å²) in [5, 5.41) is 20.0. The first kappa shape index (κ1) is 21.3. The number of aryl methyl sites for hydroxylation is 4. The number of aromatic hydroxyl groups is 2. The van der Waals surface area contributed by atoms with E-state index in [4.69, 9.17) is 0 Å². The molecule has 0 saturated carbocycles. The van der Waals surface area contributed by atoms with E-state index in [1.54, 1.807) is 0 Å². The van der Waals surface area contributed by atoms with Crippen molar-refractivity contribution in [3.63, 3.8) is 0 Å². The van der Waals surface area contributed by atoms with Crippen LogP contribution >= 0.6 is 0 Å². The van der Waals surface area contributed by atoms with Crippen LogP contribution in [0.25, 0.3) is 0 Å². The predicted molar refractivity (Wildman–Crippen MR) is 115 cm³/mol. The summed E-state index contributed by atoms with van der Waals surface area (Å²) in [6.07, 6.45) is 10.9. The van der Waals surface area contributed by atoms with Crippen molar-refractivity contribution in [3.8, 4) is 11.5 Å². The first-order chi connectivity index (χ1) is 12.9. The molecule has 0 radical (unpaired) electrons. The van der Waals surface area contributed by atoms with Crippen LogP contribution in [0.15, 0.2) is 24.3 Å². The molecule has 2 rings (SSSR count). The second-order valence-electron chi connectivity index (χ2n) is 8.01. The second kappa shape index (κ2) is 10.4. The molecule has 0 unspecified atom stereocenters. The van der Waals surface area contributed by atoms with Crippen LogP contribution in [-0.4, -0.2) is 10.2 Å². The highest BCUT2D eigenvalue weighted by Crippen LogP contribution is 2.27. The fourth-order valence-corrected chi connectivity index (χ4v) is 3.81. The number of hydrogen-bond acceptors (Lipinski definition) is 2. The van der Waals surface area contributed by atoms with E-state index in [2.05, 4.69) is 12.1 Å². The Labute approximate surface area is 165 Å². The highest BCUT2D eigenvalue weighted by Gasteiger charge is 2.07. The van der Waals surface area contributed by atoms with Crippen LogP contribution in [0.3, 0.4) is 0 Å². The largest absolute Gasteiger partial charge is 0.507 e. The van der Waals surface area contributed by atoms with Crippen molar-refractivity contribution in [2.45, 2.75) is 85.5 Å². The minimum absolute atomic E-state index is 0.463. The zero-order chi connectivity index (χ0) is 19.8. The lowest BCUT2D eigenvalue weighted by Gasteiger charge is -2.10. The molecular weight excluding hydrogens is 332 g/mol. The highest BCUT2D eigenvalue weighted by molar-refractivity contribution is 5.44. The quantitative estimate of drug-likeness (QED) is 0.450. The Bertz CT molecular complexity index is 683. The lowest BCUT2D eigenvalue weighted by Crippen LogP contribution is -1.93. The van der Waals surface area contributed by atoms with Gasteiger partial charge in [-0.1, -0.05) is 56.4 Å². The minimum Gasteiger partial charge on any atom is -0.507 e. The SMILES string of the molecule is Cc1ccc(CCCCCCCCCc2ccc(C)c(O)c2C)c(C)c1O. The molecule has 2 heteroatoms. The van der Waals surface area contributed by atoms with Gasteiger partial charge in [-0.25, -0.2) is 0 Å². The molecule has 0 saturated heterocycles. The maximum Gasteiger partial charge on any atom is 0.121 e. The summed E-state index contributed by atoms with van der Waals surface area (Å²) in [5.41, 5.74) is 6.60. The van der Waals surface area contributed by atoms with Gasteiger partial charge >= 0.3 is 0 Å². The molecule has 0 amide bonds.